The van der Waals surface area contributed by atoms with Gasteiger partial charge in [-0.3, -0.25) is 0 Å². The van der Waals surface area contributed by atoms with Gasteiger partial charge in [-0.05, 0) is 38.5 Å². The lowest BCUT2D eigenvalue weighted by Crippen LogP contribution is -1.82. The smallest absolute Gasteiger partial charge is 0.0326 e. The van der Waals surface area contributed by atoms with E-state index in [2.05, 4.69) is 40.9 Å². The van der Waals surface area contributed by atoms with E-state index in [1.165, 1.54) is 31.3 Å². The summed E-state index contributed by atoms with van der Waals surface area (Å²) in [6, 6.07) is 0. The van der Waals surface area contributed by atoms with Crippen molar-refractivity contribution in [3.8, 4) is 0 Å². The molecule has 0 saturated carbocycles. The summed E-state index contributed by atoms with van der Waals surface area (Å²) in [5, 5.41) is 0. The van der Waals surface area contributed by atoms with E-state index in [1.54, 1.807) is 0 Å². The van der Waals surface area contributed by atoms with Crippen LogP contribution in [0.4, 0.5) is 0 Å². The molecule has 0 nitrogen and oxygen atoms in total. The lowest BCUT2D eigenvalue weighted by Gasteiger charge is -1.96. The molecule has 0 aromatic rings. The van der Waals surface area contributed by atoms with Gasteiger partial charge in [-0.1, -0.05) is 38.8 Å². The normalized spacial score (nSPS) is 9.21. The molecule has 0 aliphatic rings. The maximum atomic E-state index is 3.79. The zero-order chi connectivity index (χ0) is 11.4. The van der Waals surface area contributed by atoms with E-state index in [9.17, 15) is 0 Å². The van der Waals surface area contributed by atoms with Crippen LogP contribution >= 0.6 is 0 Å². The zero-order valence-electron chi connectivity index (χ0n) is 10.6. The number of rotatable bonds is 6. The molecule has 0 amide bonds. The van der Waals surface area contributed by atoms with E-state index in [4.69, 9.17) is 0 Å². The molecule has 0 aliphatic carbocycles. The first-order chi connectivity index (χ1) is 6.54. The Morgan fingerprint density at radius 2 is 1.93 bits per heavy atom. The summed E-state index contributed by atoms with van der Waals surface area (Å²) < 4.78 is 0. The Kier molecular flexibility index (Phi) is 14.2. The summed E-state index contributed by atoms with van der Waals surface area (Å²) in [5.74, 6) is 0.831. The minimum absolute atomic E-state index is 0.831. The fourth-order valence-corrected chi connectivity index (χ4v) is 0.930. The summed E-state index contributed by atoms with van der Waals surface area (Å²) in [5.41, 5.74) is 1.31. The van der Waals surface area contributed by atoms with Gasteiger partial charge >= 0.3 is 0 Å². The van der Waals surface area contributed by atoms with E-state index in [0.717, 1.165) is 12.3 Å². The number of unbranched alkanes of at least 4 members (excludes halogenated alkanes) is 1. The van der Waals surface area contributed by atoms with Gasteiger partial charge in [0.15, 0.2) is 0 Å². The quantitative estimate of drug-likeness (QED) is 0.502. The molecule has 0 rings (SSSR count). The summed E-state index contributed by atoms with van der Waals surface area (Å²) in [6.07, 6.45) is 8.21. The molecule has 0 aliphatic heterocycles. The summed E-state index contributed by atoms with van der Waals surface area (Å²) in [4.78, 5) is 0. The first kappa shape index (κ1) is 15.9. The van der Waals surface area contributed by atoms with Crippen molar-refractivity contribution in [1.29, 1.82) is 0 Å². The third kappa shape index (κ3) is 22.5. The van der Waals surface area contributed by atoms with Crippen LogP contribution in [0.5, 0.6) is 0 Å². The summed E-state index contributed by atoms with van der Waals surface area (Å²) in [6.45, 7) is 16.2. The highest BCUT2D eigenvalue weighted by atomic mass is 13.9. The van der Waals surface area contributed by atoms with Crippen molar-refractivity contribution >= 4 is 0 Å². The molecule has 0 heterocycles. The number of allylic oxidation sites excluding steroid dienone is 2. The van der Waals surface area contributed by atoms with Crippen LogP contribution in [0.15, 0.2) is 24.8 Å². The van der Waals surface area contributed by atoms with Crippen LogP contribution in [0.2, 0.25) is 0 Å². The molecule has 0 unspecified atom stereocenters. The van der Waals surface area contributed by atoms with Crippen LogP contribution in [0.25, 0.3) is 0 Å². The lowest BCUT2D eigenvalue weighted by molar-refractivity contribution is 0.595. The average Bonchev–Trinajstić information content (AvgIpc) is 2.12. The first-order valence-corrected chi connectivity index (χ1v) is 5.79. The van der Waals surface area contributed by atoms with Crippen molar-refractivity contribution in [3.05, 3.63) is 24.8 Å². The van der Waals surface area contributed by atoms with Gasteiger partial charge in [0.1, 0.15) is 0 Å². The van der Waals surface area contributed by atoms with Crippen LogP contribution in [0, 0.1) is 5.92 Å². The number of hydrogen-bond donors (Lipinski definition) is 0. The number of hydrogen-bond acceptors (Lipinski definition) is 0. The van der Waals surface area contributed by atoms with Gasteiger partial charge in [0.2, 0.25) is 0 Å². The summed E-state index contributed by atoms with van der Waals surface area (Å²) in [7, 11) is 0. The third-order valence-electron chi connectivity index (χ3n) is 1.91. The molecule has 0 aromatic carbocycles. The minimum Gasteiger partial charge on any atom is -0.103 e. The SMILES string of the molecule is C=C(C)CCCC.C=CCCC(C)C. The topological polar surface area (TPSA) is 0 Å². The second-order valence-electron chi connectivity index (χ2n) is 4.32. The van der Waals surface area contributed by atoms with Crippen molar-refractivity contribution in [2.24, 2.45) is 5.92 Å². The zero-order valence-corrected chi connectivity index (χ0v) is 10.6. The highest BCUT2D eigenvalue weighted by Gasteiger charge is 1.87. The Morgan fingerprint density at radius 3 is 2.07 bits per heavy atom. The van der Waals surface area contributed by atoms with Crippen LogP contribution in [0.3, 0.4) is 0 Å². The van der Waals surface area contributed by atoms with Crippen LogP contribution in [-0.4, -0.2) is 0 Å². The van der Waals surface area contributed by atoms with Gasteiger partial charge in [-0.25, -0.2) is 0 Å². The average molecular weight is 196 g/mol. The lowest BCUT2D eigenvalue weighted by atomic mass is 10.1. The molecule has 0 fully saturated rings. The standard InChI is InChI=1S/2C7H14/c2*1-4-5-6-7(2)3/h2,4-6H2,1,3H3;4,7H,1,5-6H2,2-3H3. The predicted octanol–water partition coefficient (Wildman–Crippen LogP) is 5.36. The molecule has 0 N–H and O–H groups in total. The Hall–Kier alpha value is -0.520. The highest BCUT2D eigenvalue weighted by Crippen LogP contribution is 2.02. The highest BCUT2D eigenvalue weighted by molar-refractivity contribution is 4.86. The Balaban J connectivity index is 0. The van der Waals surface area contributed by atoms with Gasteiger partial charge in [-0.15, -0.1) is 13.2 Å². The summed E-state index contributed by atoms with van der Waals surface area (Å²) >= 11 is 0. The molecule has 0 radical (unpaired) electrons. The molecular formula is C14H28. The third-order valence-corrected chi connectivity index (χ3v) is 1.91. The van der Waals surface area contributed by atoms with Crippen molar-refractivity contribution in [2.45, 2.75) is 59.8 Å². The van der Waals surface area contributed by atoms with Crippen molar-refractivity contribution in [3.63, 3.8) is 0 Å². The Bertz CT molecular complexity index is 131. The van der Waals surface area contributed by atoms with E-state index in [0.29, 0.717) is 0 Å². The van der Waals surface area contributed by atoms with E-state index in [1.807, 2.05) is 6.08 Å². The van der Waals surface area contributed by atoms with Crippen molar-refractivity contribution < 1.29 is 0 Å². The Labute approximate surface area is 91.1 Å². The molecule has 0 spiro atoms. The monoisotopic (exact) mass is 196 g/mol. The molecule has 14 heavy (non-hydrogen) atoms. The molecule has 0 atom stereocenters. The van der Waals surface area contributed by atoms with Crippen LogP contribution < -0.4 is 0 Å². The second kappa shape index (κ2) is 12.5. The van der Waals surface area contributed by atoms with Crippen LogP contribution in [0.1, 0.15) is 59.8 Å². The molecule has 84 valence electrons. The maximum absolute atomic E-state index is 3.79. The van der Waals surface area contributed by atoms with E-state index in [-0.39, 0.29) is 0 Å². The molecule has 0 bridgehead atoms. The van der Waals surface area contributed by atoms with E-state index >= 15 is 0 Å². The second-order valence-corrected chi connectivity index (χ2v) is 4.32. The molecule has 0 aromatic heterocycles. The minimum atomic E-state index is 0.831. The van der Waals surface area contributed by atoms with Crippen LogP contribution in [-0.2, 0) is 0 Å². The van der Waals surface area contributed by atoms with Crippen molar-refractivity contribution in [2.75, 3.05) is 0 Å². The largest absolute Gasteiger partial charge is 0.103 e. The Morgan fingerprint density at radius 1 is 1.36 bits per heavy atom. The fourth-order valence-electron chi connectivity index (χ4n) is 0.930. The molecule has 0 saturated heterocycles. The molecule has 0 heteroatoms. The van der Waals surface area contributed by atoms with Crippen molar-refractivity contribution in [1.82, 2.24) is 0 Å². The fraction of sp³-hybridized carbons (Fsp3) is 0.714. The van der Waals surface area contributed by atoms with Gasteiger partial charge in [0, 0.05) is 0 Å². The first-order valence-electron chi connectivity index (χ1n) is 5.79. The predicted molar refractivity (Wildman–Crippen MR) is 68.6 cm³/mol. The van der Waals surface area contributed by atoms with Gasteiger partial charge in [0.05, 0.1) is 0 Å². The van der Waals surface area contributed by atoms with Gasteiger partial charge in [0.25, 0.3) is 0 Å². The maximum Gasteiger partial charge on any atom is -0.0326 e. The van der Waals surface area contributed by atoms with E-state index < -0.39 is 0 Å². The molecular weight excluding hydrogens is 168 g/mol. The van der Waals surface area contributed by atoms with Gasteiger partial charge in [-0.2, -0.15) is 0 Å². The van der Waals surface area contributed by atoms with Gasteiger partial charge < -0.3 is 0 Å².